The van der Waals surface area contributed by atoms with Gasteiger partial charge in [0.15, 0.2) is 0 Å². The molecule has 0 aromatic carbocycles. The predicted octanol–water partition coefficient (Wildman–Crippen LogP) is 1.49. The lowest BCUT2D eigenvalue weighted by Gasteiger charge is -2.18. The molecule has 16 heavy (non-hydrogen) atoms. The lowest BCUT2D eigenvalue weighted by molar-refractivity contribution is -0.130. The standard InChI is InChI=1S/C11H19N3OS/c1-3-14(4-2)11(15)5-6-12-9-10-13-7-8-16-10/h7-8,12H,3-6,9H2,1-2H3. The number of hydrogen-bond acceptors (Lipinski definition) is 4. The first-order valence-corrected chi connectivity index (χ1v) is 6.52. The van der Waals surface area contributed by atoms with E-state index in [-0.39, 0.29) is 5.91 Å². The average Bonchev–Trinajstić information content (AvgIpc) is 2.79. The van der Waals surface area contributed by atoms with Gasteiger partial charge in [-0.15, -0.1) is 11.3 Å². The Bertz CT molecular complexity index is 296. The zero-order valence-electron chi connectivity index (χ0n) is 9.90. The zero-order valence-corrected chi connectivity index (χ0v) is 10.7. The SMILES string of the molecule is CCN(CC)C(=O)CCNCc1nccs1. The first kappa shape index (κ1) is 13.1. The number of hydrogen-bond donors (Lipinski definition) is 1. The van der Waals surface area contributed by atoms with Crippen LogP contribution >= 0.6 is 11.3 Å². The lowest BCUT2D eigenvalue weighted by Crippen LogP contribution is -2.32. The van der Waals surface area contributed by atoms with Crippen LogP contribution in [-0.4, -0.2) is 35.4 Å². The molecule has 4 nitrogen and oxygen atoms in total. The van der Waals surface area contributed by atoms with E-state index in [9.17, 15) is 4.79 Å². The molecular weight excluding hydrogens is 222 g/mol. The Morgan fingerprint density at radius 1 is 1.50 bits per heavy atom. The summed E-state index contributed by atoms with van der Waals surface area (Å²) in [5, 5.41) is 6.24. The second-order valence-electron chi connectivity index (χ2n) is 3.42. The summed E-state index contributed by atoms with van der Waals surface area (Å²) in [6.07, 6.45) is 2.36. The molecule has 1 aromatic heterocycles. The third-order valence-electron chi connectivity index (χ3n) is 2.39. The number of aromatic nitrogens is 1. The average molecular weight is 241 g/mol. The van der Waals surface area contributed by atoms with Crippen molar-refractivity contribution in [2.45, 2.75) is 26.8 Å². The fourth-order valence-electron chi connectivity index (χ4n) is 1.47. The maximum Gasteiger partial charge on any atom is 0.223 e. The van der Waals surface area contributed by atoms with Crippen LogP contribution in [0.15, 0.2) is 11.6 Å². The molecule has 0 aliphatic carbocycles. The number of carbonyl (C=O) groups excluding carboxylic acids is 1. The Kier molecular flexibility index (Phi) is 6.03. The minimum Gasteiger partial charge on any atom is -0.343 e. The molecule has 0 aliphatic rings. The molecule has 90 valence electrons. The van der Waals surface area contributed by atoms with Crippen molar-refractivity contribution < 1.29 is 4.79 Å². The van der Waals surface area contributed by atoms with Crippen molar-refractivity contribution in [2.75, 3.05) is 19.6 Å². The molecule has 1 heterocycles. The van der Waals surface area contributed by atoms with Crippen LogP contribution in [-0.2, 0) is 11.3 Å². The van der Waals surface area contributed by atoms with Crippen molar-refractivity contribution >= 4 is 17.2 Å². The first-order chi connectivity index (χ1) is 7.77. The van der Waals surface area contributed by atoms with Gasteiger partial charge in [0, 0.05) is 44.2 Å². The maximum absolute atomic E-state index is 11.6. The van der Waals surface area contributed by atoms with Crippen molar-refractivity contribution in [3.63, 3.8) is 0 Å². The summed E-state index contributed by atoms with van der Waals surface area (Å²) in [4.78, 5) is 17.7. The number of amides is 1. The van der Waals surface area contributed by atoms with Gasteiger partial charge in [-0.25, -0.2) is 4.98 Å². The topological polar surface area (TPSA) is 45.2 Å². The fraction of sp³-hybridized carbons (Fsp3) is 0.636. The summed E-state index contributed by atoms with van der Waals surface area (Å²) in [5.41, 5.74) is 0. The molecule has 5 heteroatoms. The molecule has 0 aliphatic heterocycles. The van der Waals surface area contributed by atoms with Gasteiger partial charge in [-0.1, -0.05) is 0 Å². The molecule has 1 aromatic rings. The number of thiazole rings is 1. The van der Waals surface area contributed by atoms with Crippen LogP contribution in [0.4, 0.5) is 0 Å². The van der Waals surface area contributed by atoms with Crippen molar-refractivity contribution in [3.8, 4) is 0 Å². The van der Waals surface area contributed by atoms with Gasteiger partial charge >= 0.3 is 0 Å². The van der Waals surface area contributed by atoms with E-state index in [4.69, 9.17) is 0 Å². The second kappa shape index (κ2) is 7.35. The highest BCUT2D eigenvalue weighted by molar-refractivity contribution is 7.09. The first-order valence-electron chi connectivity index (χ1n) is 5.64. The summed E-state index contributed by atoms with van der Waals surface area (Å²) in [7, 11) is 0. The molecule has 0 fully saturated rings. The summed E-state index contributed by atoms with van der Waals surface area (Å²) < 4.78 is 0. The minimum absolute atomic E-state index is 0.219. The van der Waals surface area contributed by atoms with Crippen molar-refractivity contribution in [1.82, 2.24) is 15.2 Å². The van der Waals surface area contributed by atoms with Crippen LogP contribution in [0.25, 0.3) is 0 Å². The molecule has 0 atom stereocenters. The number of carbonyl (C=O) groups is 1. The summed E-state index contributed by atoms with van der Waals surface area (Å²) in [6.45, 7) is 7.07. The largest absolute Gasteiger partial charge is 0.343 e. The van der Waals surface area contributed by atoms with Crippen molar-refractivity contribution in [3.05, 3.63) is 16.6 Å². The van der Waals surface area contributed by atoms with Gasteiger partial charge in [-0.3, -0.25) is 4.79 Å². The molecule has 1 amide bonds. The number of nitrogens with zero attached hydrogens (tertiary/aromatic N) is 2. The van der Waals surface area contributed by atoms with Gasteiger partial charge in [0.05, 0.1) is 0 Å². The maximum atomic E-state index is 11.6. The molecular formula is C11H19N3OS. The van der Waals surface area contributed by atoms with Crippen LogP contribution in [0.2, 0.25) is 0 Å². The molecule has 0 saturated heterocycles. The summed E-state index contributed by atoms with van der Waals surface area (Å²) in [5.74, 6) is 0.219. The Morgan fingerprint density at radius 3 is 2.81 bits per heavy atom. The van der Waals surface area contributed by atoms with Crippen LogP contribution < -0.4 is 5.32 Å². The molecule has 1 rings (SSSR count). The predicted molar refractivity (Wildman–Crippen MR) is 66.4 cm³/mol. The molecule has 0 unspecified atom stereocenters. The highest BCUT2D eigenvalue weighted by Gasteiger charge is 2.08. The Hall–Kier alpha value is -0.940. The third-order valence-corrected chi connectivity index (χ3v) is 3.17. The van der Waals surface area contributed by atoms with Crippen LogP contribution in [0.5, 0.6) is 0 Å². The van der Waals surface area contributed by atoms with E-state index in [0.717, 1.165) is 31.2 Å². The number of nitrogens with one attached hydrogen (secondary N) is 1. The van der Waals surface area contributed by atoms with Gasteiger partial charge in [0.1, 0.15) is 5.01 Å². The number of rotatable bonds is 7. The van der Waals surface area contributed by atoms with Crippen LogP contribution in [0.1, 0.15) is 25.3 Å². The van der Waals surface area contributed by atoms with E-state index in [2.05, 4.69) is 10.3 Å². The zero-order chi connectivity index (χ0) is 11.8. The van der Waals surface area contributed by atoms with E-state index in [0.29, 0.717) is 6.42 Å². The molecule has 0 spiro atoms. The summed E-state index contributed by atoms with van der Waals surface area (Å²) in [6, 6.07) is 0. The smallest absolute Gasteiger partial charge is 0.223 e. The Balaban J connectivity index is 2.13. The van der Waals surface area contributed by atoms with Crippen LogP contribution in [0, 0.1) is 0 Å². The van der Waals surface area contributed by atoms with Crippen molar-refractivity contribution in [2.24, 2.45) is 0 Å². The second-order valence-corrected chi connectivity index (χ2v) is 4.40. The fourth-order valence-corrected chi connectivity index (χ4v) is 2.05. The van der Waals surface area contributed by atoms with E-state index in [1.807, 2.05) is 24.1 Å². The van der Waals surface area contributed by atoms with E-state index >= 15 is 0 Å². The third kappa shape index (κ3) is 4.28. The normalized spacial score (nSPS) is 10.4. The lowest BCUT2D eigenvalue weighted by atomic mass is 10.3. The molecule has 1 N–H and O–H groups in total. The molecule has 0 bridgehead atoms. The van der Waals surface area contributed by atoms with Gasteiger partial charge in [0.25, 0.3) is 0 Å². The Morgan fingerprint density at radius 2 is 2.25 bits per heavy atom. The highest BCUT2D eigenvalue weighted by Crippen LogP contribution is 2.02. The molecule has 0 radical (unpaired) electrons. The van der Waals surface area contributed by atoms with Crippen molar-refractivity contribution in [1.29, 1.82) is 0 Å². The quantitative estimate of drug-likeness (QED) is 0.736. The monoisotopic (exact) mass is 241 g/mol. The Labute approximate surface area is 101 Å². The van der Waals surface area contributed by atoms with Crippen LogP contribution in [0.3, 0.4) is 0 Å². The van der Waals surface area contributed by atoms with Gasteiger partial charge < -0.3 is 10.2 Å². The van der Waals surface area contributed by atoms with E-state index < -0.39 is 0 Å². The highest BCUT2D eigenvalue weighted by atomic mass is 32.1. The van der Waals surface area contributed by atoms with E-state index in [1.54, 1.807) is 17.5 Å². The minimum atomic E-state index is 0.219. The molecule has 0 saturated carbocycles. The van der Waals surface area contributed by atoms with E-state index in [1.165, 1.54) is 0 Å². The van der Waals surface area contributed by atoms with Gasteiger partial charge in [-0.2, -0.15) is 0 Å². The summed E-state index contributed by atoms with van der Waals surface area (Å²) >= 11 is 1.63. The van der Waals surface area contributed by atoms with Gasteiger partial charge in [0.2, 0.25) is 5.91 Å². The van der Waals surface area contributed by atoms with Gasteiger partial charge in [-0.05, 0) is 13.8 Å².